The number of fused-ring (bicyclic) bond motifs is 4. The maximum absolute atomic E-state index is 13.6. The molecular formula is C41H40N6O3S. The van der Waals surface area contributed by atoms with Gasteiger partial charge in [-0.3, -0.25) is 10.1 Å². The largest absolute Gasteiger partial charge is 0.476 e. The molecule has 3 aliphatic rings. The first kappa shape index (κ1) is 32.9. The Labute approximate surface area is 301 Å². The topological polar surface area (TPSA) is 131 Å². The number of carboxylic acid groups (broad SMARTS) is 1. The van der Waals surface area contributed by atoms with E-state index >= 15 is 0 Å². The average molecular weight is 697 g/mol. The highest BCUT2D eigenvalue weighted by molar-refractivity contribution is 7.22. The van der Waals surface area contributed by atoms with Crippen molar-refractivity contribution in [2.75, 3.05) is 22.1 Å². The van der Waals surface area contributed by atoms with Gasteiger partial charge in [-0.1, -0.05) is 61.6 Å². The molecule has 2 bridgehead atoms. The van der Waals surface area contributed by atoms with E-state index in [1.165, 1.54) is 24.2 Å². The second-order valence-electron chi connectivity index (χ2n) is 14.8. The summed E-state index contributed by atoms with van der Waals surface area (Å²) < 4.78 is 0.998. The number of aromatic carboxylic acids is 1. The predicted octanol–water partition coefficient (Wildman–Crippen LogP) is 8.76. The number of carbonyl (C=O) groups excluding carboxylic acids is 1. The minimum Gasteiger partial charge on any atom is -0.476 e. The first-order valence-electron chi connectivity index (χ1n) is 17.8. The lowest BCUT2D eigenvalue weighted by atomic mass is 9.61. The number of nitriles is 1. The number of thiazole rings is 1. The van der Waals surface area contributed by atoms with Gasteiger partial charge < -0.3 is 15.3 Å². The Bertz CT molecular complexity index is 2170. The number of pyridine rings is 1. The molecule has 2 atom stereocenters. The van der Waals surface area contributed by atoms with Crippen molar-refractivity contribution in [1.82, 2.24) is 9.97 Å². The molecule has 2 aliphatic carbocycles. The third kappa shape index (κ3) is 6.31. The quantitative estimate of drug-likeness (QED) is 0.154. The van der Waals surface area contributed by atoms with E-state index in [9.17, 15) is 20.0 Å². The van der Waals surface area contributed by atoms with Gasteiger partial charge in [-0.05, 0) is 104 Å². The third-order valence-electron chi connectivity index (χ3n) is 10.9. The van der Waals surface area contributed by atoms with Gasteiger partial charge in [0.05, 0.1) is 21.5 Å². The summed E-state index contributed by atoms with van der Waals surface area (Å²) in [5, 5.41) is 28.3. The van der Waals surface area contributed by atoms with Crippen molar-refractivity contribution in [2.24, 2.45) is 17.8 Å². The summed E-state index contributed by atoms with van der Waals surface area (Å²) in [5.41, 5.74) is 5.32. The zero-order valence-corrected chi connectivity index (χ0v) is 29.6. The summed E-state index contributed by atoms with van der Waals surface area (Å²) in [7, 11) is 0. The molecule has 0 spiro atoms. The molecule has 2 saturated carbocycles. The lowest BCUT2D eigenvalue weighted by Crippen LogP contribution is -2.50. The molecule has 5 aromatic rings. The zero-order valence-electron chi connectivity index (χ0n) is 28.8. The maximum atomic E-state index is 13.6. The lowest BCUT2D eigenvalue weighted by Gasteiger charge is -2.51. The van der Waals surface area contributed by atoms with E-state index < -0.39 is 5.97 Å². The zero-order chi connectivity index (χ0) is 35.3. The number of nitrogens with one attached hydrogen (secondary N) is 2. The molecule has 3 heterocycles. The van der Waals surface area contributed by atoms with Crippen molar-refractivity contribution in [2.45, 2.75) is 64.5 Å². The van der Waals surface area contributed by atoms with Crippen LogP contribution in [0.25, 0.3) is 21.3 Å². The molecule has 51 heavy (non-hydrogen) atoms. The van der Waals surface area contributed by atoms with Crippen LogP contribution < -0.4 is 15.5 Å². The second-order valence-corrected chi connectivity index (χ2v) is 15.9. The molecule has 10 heteroatoms. The van der Waals surface area contributed by atoms with E-state index in [-0.39, 0.29) is 17.1 Å². The molecule has 2 aromatic heterocycles. The van der Waals surface area contributed by atoms with Crippen molar-refractivity contribution in [3.05, 3.63) is 101 Å². The summed E-state index contributed by atoms with van der Waals surface area (Å²) >= 11 is 1.43. The molecule has 3 aromatic carbocycles. The molecule has 0 saturated heterocycles. The number of nitrogens with zero attached hydrogens (tertiary/aromatic N) is 4. The Morgan fingerprint density at radius 1 is 0.941 bits per heavy atom. The lowest BCUT2D eigenvalue weighted by molar-refractivity contribution is 0.0691. The Morgan fingerprint density at radius 3 is 2.49 bits per heavy atom. The molecular weight excluding hydrogens is 657 g/mol. The van der Waals surface area contributed by atoms with Crippen LogP contribution in [0.5, 0.6) is 0 Å². The molecule has 1 aliphatic heterocycles. The fourth-order valence-electron chi connectivity index (χ4n) is 9.23. The highest BCUT2D eigenvalue weighted by Crippen LogP contribution is 2.49. The number of anilines is 3. The van der Waals surface area contributed by atoms with Crippen LogP contribution in [0, 0.1) is 29.1 Å². The number of carbonyl (C=O) groups is 2. The van der Waals surface area contributed by atoms with Crippen molar-refractivity contribution < 1.29 is 14.7 Å². The summed E-state index contributed by atoms with van der Waals surface area (Å²) in [4.78, 5) is 37.6. The number of aromatic nitrogens is 2. The fraction of sp³-hybridized carbons (Fsp3) is 0.341. The van der Waals surface area contributed by atoms with Gasteiger partial charge in [0.2, 0.25) is 0 Å². The van der Waals surface area contributed by atoms with Crippen LogP contribution in [0.15, 0.2) is 72.8 Å². The molecule has 9 nitrogen and oxygen atoms in total. The number of rotatable bonds is 7. The van der Waals surface area contributed by atoms with Crippen LogP contribution >= 0.6 is 11.3 Å². The minimum atomic E-state index is -1.16. The van der Waals surface area contributed by atoms with Gasteiger partial charge >= 0.3 is 5.97 Å². The normalized spacial score (nSPS) is 22.5. The predicted molar refractivity (Wildman–Crippen MR) is 201 cm³/mol. The van der Waals surface area contributed by atoms with E-state index in [1.54, 1.807) is 6.07 Å². The van der Waals surface area contributed by atoms with Gasteiger partial charge in [0.25, 0.3) is 5.91 Å². The first-order valence-corrected chi connectivity index (χ1v) is 18.6. The van der Waals surface area contributed by atoms with Crippen molar-refractivity contribution >= 4 is 50.1 Å². The van der Waals surface area contributed by atoms with Gasteiger partial charge in [-0.25, -0.2) is 14.8 Å². The van der Waals surface area contributed by atoms with E-state index in [2.05, 4.69) is 40.5 Å². The summed E-state index contributed by atoms with van der Waals surface area (Å²) in [6.45, 7) is 5.66. The van der Waals surface area contributed by atoms with Crippen LogP contribution in [-0.4, -0.2) is 39.0 Å². The van der Waals surface area contributed by atoms with Gasteiger partial charge in [-0.15, -0.1) is 0 Å². The highest BCUT2D eigenvalue weighted by atomic mass is 32.1. The fourth-order valence-corrected chi connectivity index (χ4v) is 10.1. The summed E-state index contributed by atoms with van der Waals surface area (Å²) in [6, 6.07) is 25.2. The Hall–Kier alpha value is -5.27. The SMILES string of the molecule is CC1CC2CC(C)CC(Nc3cccc(-c4ccc(N5CCc6cccc(C(=O)Nc7nc8ccccc8s7)c6C5)nc4C(=O)O)c3C#N)(C1)C2. The van der Waals surface area contributed by atoms with Crippen LogP contribution in [0.3, 0.4) is 0 Å². The molecule has 8 rings (SSSR count). The number of carboxylic acids is 1. The second kappa shape index (κ2) is 13.1. The van der Waals surface area contributed by atoms with Crippen molar-refractivity contribution in [1.29, 1.82) is 5.26 Å². The number of hydrogen-bond donors (Lipinski definition) is 3. The van der Waals surface area contributed by atoms with E-state index in [0.717, 1.165) is 46.3 Å². The number of benzene rings is 3. The molecule has 2 fully saturated rings. The van der Waals surface area contributed by atoms with Crippen LogP contribution in [0.2, 0.25) is 0 Å². The number of hydrogen-bond acceptors (Lipinski definition) is 8. The molecule has 1 amide bonds. The molecule has 258 valence electrons. The Kier molecular flexibility index (Phi) is 8.47. The Balaban J connectivity index is 1.08. The van der Waals surface area contributed by atoms with Crippen molar-refractivity contribution in [3.8, 4) is 17.2 Å². The monoisotopic (exact) mass is 696 g/mol. The number of amides is 1. The highest BCUT2D eigenvalue weighted by Gasteiger charge is 2.44. The van der Waals surface area contributed by atoms with Gasteiger partial charge in [0.1, 0.15) is 11.9 Å². The molecule has 3 N–H and O–H groups in total. The van der Waals surface area contributed by atoms with Gasteiger partial charge in [0.15, 0.2) is 10.8 Å². The standard InChI is InChI=1S/C41H40N6O3S/c1-24-17-26-18-25(2)20-41(19-24,21-26)46-33-11-6-8-28(31(33)22-42)29-13-14-36(44-37(29)39(49)50)47-16-15-27-7-5-9-30(32(27)23-47)38(48)45-40-43-34-10-3-4-12-35(34)51-40/h3-14,24-26,46H,15-21,23H2,1-2H3,(H,49,50)(H,43,45,48). The average Bonchev–Trinajstić information content (AvgIpc) is 3.52. The van der Waals surface area contributed by atoms with E-state index in [1.807, 2.05) is 71.6 Å². The van der Waals surface area contributed by atoms with Crippen LogP contribution in [-0.2, 0) is 13.0 Å². The molecule has 0 radical (unpaired) electrons. The third-order valence-corrected chi connectivity index (χ3v) is 11.9. The molecule has 2 unspecified atom stereocenters. The first-order chi connectivity index (χ1) is 24.7. The van der Waals surface area contributed by atoms with E-state index in [4.69, 9.17) is 0 Å². The van der Waals surface area contributed by atoms with Gasteiger partial charge in [-0.2, -0.15) is 5.26 Å². The Morgan fingerprint density at radius 2 is 1.73 bits per heavy atom. The summed E-state index contributed by atoms with van der Waals surface area (Å²) in [5.74, 6) is 1.01. The smallest absolute Gasteiger partial charge is 0.355 e. The van der Waals surface area contributed by atoms with Crippen LogP contribution in [0.1, 0.15) is 83.5 Å². The van der Waals surface area contributed by atoms with E-state index in [0.29, 0.717) is 70.5 Å². The minimum absolute atomic E-state index is 0.0728. The number of para-hydroxylation sites is 1. The van der Waals surface area contributed by atoms with Crippen LogP contribution in [0.4, 0.5) is 16.6 Å². The summed E-state index contributed by atoms with van der Waals surface area (Å²) in [6.07, 6.45) is 6.39. The maximum Gasteiger partial charge on any atom is 0.355 e. The van der Waals surface area contributed by atoms with Crippen molar-refractivity contribution in [3.63, 3.8) is 0 Å². The van der Waals surface area contributed by atoms with Gasteiger partial charge in [0, 0.05) is 35.3 Å².